The number of benzene rings is 1. The van der Waals surface area contributed by atoms with E-state index < -0.39 is 0 Å². The van der Waals surface area contributed by atoms with Gasteiger partial charge >= 0.3 is 0 Å². The third kappa shape index (κ3) is 2.86. The summed E-state index contributed by atoms with van der Waals surface area (Å²) in [5.74, 6) is 1.23. The van der Waals surface area contributed by atoms with Crippen molar-refractivity contribution in [2.75, 3.05) is 0 Å². The van der Waals surface area contributed by atoms with Gasteiger partial charge in [0.05, 0.1) is 0 Å². The van der Waals surface area contributed by atoms with Crippen LogP contribution in [0, 0.1) is 6.92 Å². The van der Waals surface area contributed by atoms with Crippen LogP contribution < -0.4 is 0 Å². The fraction of sp³-hybridized carbons (Fsp3) is 0.333. The lowest BCUT2D eigenvalue weighted by Crippen LogP contribution is -1.98. The zero-order valence-corrected chi connectivity index (χ0v) is 10.8. The van der Waals surface area contributed by atoms with Gasteiger partial charge in [-0.1, -0.05) is 31.2 Å². The Morgan fingerprint density at radius 3 is 2.94 bits per heavy atom. The summed E-state index contributed by atoms with van der Waals surface area (Å²) in [6, 6.07) is 8.41. The molecule has 0 spiro atoms. The van der Waals surface area contributed by atoms with Gasteiger partial charge in [0.15, 0.2) is 0 Å². The molecule has 3 nitrogen and oxygen atoms in total. The third-order valence-corrected chi connectivity index (χ3v) is 3.19. The molecule has 0 bridgehead atoms. The number of hydrogen-bond donors (Lipinski definition) is 1. The van der Waals surface area contributed by atoms with Crippen molar-refractivity contribution in [1.29, 1.82) is 0 Å². The van der Waals surface area contributed by atoms with Crippen LogP contribution in [0.3, 0.4) is 0 Å². The molecule has 0 aliphatic rings. The van der Waals surface area contributed by atoms with Gasteiger partial charge in [-0.15, -0.1) is 0 Å². The molecule has 1 atom stereocenters. The van der Waals surface area contributed by atoms with E-state index in [1.165, 1.54) is 11.1 Å². The van der Waals surface area contributed by atoms with E-state index >= 15 is 0 Å². The maximum absolute atomic E-state index is 10.4. The molecule has 0 aliphatic heterocycles. The van der Waals surface area contributed by atoms with Gasteiger partial charge in [-0.25, -0.2) is 4.98 Å². The molecule has 0 saturated carbocycles. The number of carbonyl (C=O) groups is 1. The molecule has 18 heavy (non-hydrogen) atoms. The number of aromatic amines is 1. The van der Waals surface area contributed by atoms with Crippen LogP contribution in [0.15, 0.2) is 30.5 Å². The molecule has 1 aromatic heterocycles. The second-order valence-electron chi connectivity index (χ2n) is 4.60. The highest BCUT2D eigenvalue weighted by Crippen LogP contribution is 2.23. The smallest absolute Gasteiger partial charge is 0.120 e. The summed E-state index contributed by atoms with van der Waals surface area (Å²) in [4.78, 5) is 17.9. The zero-order valence-electron chi connectivity index (χ0n) is 10.8. The largest absolute Gasteiger partial charge is 0.346 e. The Hall–Kier alpha value is -1.90. The highest BCUT2D eigenvalue weighted by molar-refractivity contribution is 5.50. The lowest BCUT2D eigenvalue weighted by molar-refractivity contribution is -0.107. The van der Waals surface area contributed by atoms with Crippen molar-refractivity contribution in [2.24, 2.45) is 0 Å². The van der Waals surface area contributed by atoms with Crippen LogP contribution in [0.2, 0.25) is 0 Å². The third-order valence-electron chi connectivity index (χ3n) is 3.19. The van der Waals surface area contributed by atoms with Gasteiger partial charge in [0.2, 0.25) is 0 Å². The van der Waals surface area contributed by atoms with Crippen LogP contribution in [0.4, 0.5) is 0 Å². The lowest BCUT2D eigenvalue weighted by Gasteiger charge is -2.11. The standard InChI is InChI=1S/C15H18N2O/c1-11(15-10-16-12(2)17-15)14-7-3-5-13(9-14)6-4-8-18/h3,5,7-11H,4,6H2,1-2H3,(H,16,17). The number of aromatic nitrogens is 2. The monoisotopic (exact) mass is 242 g/mol. The molecule has 0 aliphatic carbocycles. The van der Waals surface area contributed by atoms with Crippen LogP contribution >= 0.6 is 0 Å². The van der Waals surface area contributed by atoms with Gasteiger partial charge in [-0.2, -0.15) is 0 Å². The molecular formula is C15H18N2O. The van der Waals surface area contributed by atoms with Gasteiger partial charge in [-0.05, 0) is 24.5 Å². The van der Waals surface area contributed by atoms with Crippen LogP contribution in [-0.4, -0.2) is 16.3 Å². The molecule has 1 heterocycles. The van der Waals surface area contributed by atoms with Crippen LogP contribution in [0.25, 0.3) is 0 Å². The van der Waals surface area contributed by atoms with E-state index in [1.54, 1.807) is 0 Å². The molecule has 3 heteroatoms. The summed E-state index contributed by atoms with van der Waals surface area (Å²) in [5, 5.41) is 0. The van der Waals surface area contributed by atoms with Crippen LogP contribution in [-0.2, 0) is 11.2 Å². The summed E-state index contributed by atoms with van der Waals surface area (Å²) in [7, 11) is 0. The highest BCUT2D eigenvalue weighted by Gasteiger charge is 2.10. The minimum absolute atomic E-state index is 0.294. The number of H-pyrrole nitrogens is 1. The highest BCUT2D eigenvalue weighted by atomic mass is 16.1. The van der Waals surface area contributed by atoms with Crippen molar-refractivity contribution in [1.82, 2.24) is 9.97 Å². The summed E-state index contributed by atoms with van der Waals surface area (Å²) in [6.45, 7) is 4.11. The molecule has 1 unspecified atom stereocenters. The van der Waals surface area contributed by atoms with Gasteiger partial charge in [0.25, 0.3) is 0 Å². The van der Waals surface area contributed by atoms with Crippen molar-refractivity contribution in [3.63, 3.8) is 0 Å². The SMILES string of the molecule is Cc1ncc(C(C)c2cccc(CCC=O)c2)[nH]1. The van der Waals surface area contributed by atoms with Gasteiger partial charge in [-0.3, -0.25) is 0 Å². The van der Waals surface area contributed by atoms with Gasteiger partial charge in [0, 0.05) is 24.2 Å². The Bertz CT molecular complexity index is 531. The van der Waals surface area contributed by atoms with Crippen molar-refractivity contribution in [2.45, 2.75) is 32.6 Å². The Kier molecular flexibility index (Phi) is 3.92. The number of carbonyl (C=O) groups excluding carboxylic acids is 1. The number of aldehydes is 1. The van der Waals surface area contributed by atoms with E-state index in [1.807, 2.05) is 13.1 Å². The van der Waals surface area contributed by atoms with E-state index in [0.29, 0.717) is 12.3 Å². The number of hydrogen-bond acceptors (Lipinski definition) is 2. The molecule has 0 fully saturated rings. The summed E-state index contributed by atoms with van der Waals surface area (Å²) in [5.41, 5.74) is 3.59. The van der Waals surface area contributed by atoms with E-state index in [2.05, 4.69) is 41.2 Å². The second-order valence-corrected chi connectivity index (χ2v) is 4.60. The summed E-state index contributed by atoms with van der Waals surface area (Å²) < 4.78 is 0. The maximum Gasteiger partial charge on any atom is 0.120 e. The molecule has 1 aromatic carbocycles. The van der Waals surface area contributed by atoms with Gasteiger partial charge in [0.1, 0.15) is 12.1 Å². The number of aryl methyl sites for hydroxylation is 2. The number of nitrogens with zero attached hydrogens (tertiary/aromatic N) is 1. The maximum atomic E-state index is 10.4. The Labute approximate surface area is 107 Å². The number of nitrogens with one attached hydrogen (secondary N) is 1. The molecule has 2 rings (SSSR count). The first-order valence-corrected chi connectivity index (χ1v) is 6.24. The molecule has 0 radical (unpaired) electrons. The summed E-state index contributed by atoms with van der Waals surface area (Å²) in [6.07, 6.45) is 4.25. The molecule has 2 aromatic rings. The van der Waals surface area contributed by atoms with Gasteiger partial charge < -0.3 is 9.78 Å². The first-order chi connectivity index (χ1) is 8.70. The lowest BCUT2D eigenvalue weighted by atomic mass is 9.95. The second kappa shape index (κ2) is 5.63. The van der Waals surface area contributed by atoms with E-state index in [9.17, 15) is 4.79 Å². The predicted octanol–water partition coefficient (Wildman–Crippen LogP) is 3.00. The minimum atomic E-state index is 0.294. The zero-order chi connectivity index (χ0) is 13.0. The number of imidazole rings is 1. The average Bonchev–Trinajstić information content (AvgIpc) is 2.82. The first-order valence-electron chi connectivity index (χ1n) is 6.24. The molecule has 0 saturated heterocycles. The predicted molar refractivity (Wildman–Crippen MR) is 71.7 cm³/mol. The first kappa shape index (κ1) is 12.6. The fourth-order valence-electron chi connectivity index (χ4n) is 2.08. The van der Waals surface area contributed by atoms with Crippen molar-refractivity contribution >= 4 is 6.29 Å². The van der Waals surface area contributed by atoms with Crippen LogP contribution in [0.1, 0.15) is 41.9 Å². The minimum Gasteiger partial charge on any atom is -0.346 e. The van der Waals surface area contributed by atoms with E-state index in [4.69, 9.17) is 0 Å². The van der Waals surface area contributed by atoms with Crippen molar-refractivity contribution in [3.05, 3.63) is 53.1 Å². The normalized spacial score (nSPS) is 12.3. The topological polar surface area (TPSA) is 45.8 Å². The molecule has 0 amide bonds. The average molecular weight is 242 g/mol. The molecule has 94 valence electrons. The Morgan fingerprint density at radius 2 is 2.28 bits per heavy atom. The van der Waals surface area contributed by atoms with Crippen molar-refractivity contribution in [3.8, 4) is 0 Å². The molecule has 1 N–H and O–H groups in total. The van der Waals surface area contributed by atoms with Crippen LogP contribution in [0.5, 0.6) is 0 Å². The van der Waals surface area contributed by atoms with Crippen molar-refractivity contribution < 1.29 is 4.79 Å². The Morgan fingerprint density at radius 1 is 1.44 bits per heavy atom. The summed E-state index contributed by atoms with van der Waals surface area (Å²) >= 11 is 0. The Balaban J connectivity index is 2.19. The molecular weight excluding hydrogens is 224 g/mol. The van der Waals surface area contributed by atoms with E-state index in [0.717, 1.165) is 24.2 Å². The quantitative estimate of drug-likeness (QED) is 0.819. The fourth-order valence-corrected chi connectivity index (χ4v) is 2.08. The van der Waals surface area contributed by atoms with E-state index in [-0.39, 0.29) is 0 Å². The number of rotatable bonds is 5.